The van der Waals surface area contributed by atoms with Gasteiger partial charge in [0.1, 0.15) is 0 Å². The fourth-order valence-corrected chi connectivity index (χ4v) is 3.52. The van der Waals surface area contributed by atoms with Crippen molar-refractivity contribution in [2.24, 2.45) is 5.92 Å². The van der Waals surface area contributed by atoms with E-state index in [-0.39, 0.29) is 0 Å². The average Bonchev–Trinajstić information content (AvgIpc) is 2.83. The first kappa shape index (κ1) is 15.3. The summed E-state index contributed by atoms with van der Waals surface area (Å²) < 4.78 is 26.1. The van der Waals surface area contributed by atoms with E-state index < -0.39 is 10.0 Å². The van der Waals surface area contributed by atoms with Gasteiger partial charge in [-0.2, -0.15) is 0 Å². The molecule has 20 heavy (non-hydrogen) atoms. The number of nitrogens with one attached hydrogen (secondary N) is 2. The number of rotatable bonds is 6. The molecule has 0 bridgehead atoms. The van der Waals surface area contributed by atoms with Crippen LogP contribution in [0.3, 0.4) is 0 Å². The van der Waals surface area contributed by atoms with Gasteiger partial charge in [-0.1, -0.05) is 6.92 Å². The van der Waals surface area contributed by atoms with Gasteiger partial charge in [0.05, 0.1) is 4.90 Å². The van der Waals surface area contributed by atoms with Gasteiger partial charge in [0.2, 0.25) is 10.0 Å². The van der Waals surface area contributed by atoms with Gasteiger partial charge in [-0.3, -0.25) is 0 Å². The number of likely N-dealkylation sites (tertiary alicyclic amines) is 1. The van der Waals surface area contributed by atoms with Crippen molar-refractivity contribution in [1.29, 1.82) is 0 Å². The van der Waals surface area contributed by atoms with Crippen molar-refractivity contribution in [3.63, 3.8) is 0 Å². The van der Waals surface area contributed by atoms with Crippen molar-refractivity contribution in [3.05, 3.63) is 24.3 Å². The van der Waals surface area contributed by atoms with Crippen LogP contribution in [0.4, 0.5) is 5.69 Å². The normalized spacial score (nSPS) is 20.2. The van der Waals surface area contributed by atoms with E-state index in [1.165, 1.54) is 6.42 Å². The van der Waals surface area contributed by atoms with E-state index in [1.54, 1.807) is 19.1 Å². The molecule has 6 heteroatoms. The zero-order valence-corrected chi connectivity index (χ0v) is 12.9. The highest BCUT2D eigenvalue weighted by atomic mass is 32.2. The smallest absolute Gasteiger partial charge is 0.240 e. The molecule has 1 aliphatic heterocycles. The van der Waals surface area contributed by atoms with Crippen molar-refractivity contribution >= 4 is 15.7 Å². The zero-order chi connectivity index (χ0) is 14.6. The molecule has 1 heterocycles. The van der Waals surface area contributed by atoms with E-state index in [4.69, 9.17) is 0 Å². The van der Waals surface area contributed by atoms with Crippen molar-refractivity contribution in [2.75, 3.05) is 38.5 Å². The predicted molar refractivity (Wildman–Crippen MR) is 81.4 cm³/mol. The second kappa shape index (κ2) is 6.56. The number of benzene rings is 1. The average molecular weight is 297 g/mol. The molecule has 1 aromatic rings. The Kier molecular flexibility index (Phi) is 5.01. The van der Waals surface area contributed by atoms with Crippen molar-refractivity contribution < 1.29 is 8.42 Å². The van der Waals surface area contributed by atoms with E-state index in [1.807, 2.05) is 12.1 Å². The Morgan fingerprint density at radius 3 is 2.55 bits per heavy atom. The summed E-state index contributed by atoms with van der Waals surface area (Å²) in [7, 11) is -1.21. The molecule has 0 amide bonds. The first-order chi connectivity index (χ1) is 9.51. The topological polar surface area (TPSA) is 61.4 Å². The Balaban J connectivity index is 1.92. The summed E-state index contributed by atoms with van der Waals surface area (Å²) >= 11 is 0. The number of hydrogen-bond donors (Lipinski definition) is 2. The van der Waals surface area contributed by atoms with Gasteiger partial charge in [0, 0.05) is 25.3 Å². The SMILES string of the molecule is CCNS(=O)(=O)c1ccc(NCC2CCN(C)C2)cc1. The first-order valence-electron chi connectivity index (χ1n) is 7.03. The largest absolute Gasteiger partial charge is 0.385 e. The maximum atomic E-state index is 11.8. The molecule has 0 saturated carbocycles. The molecule has 2 rings (SSSR count). The molecule has 2 N–H and O–H groups in total. The Morgan fingerprint density at radius 2 is 2.00 bits per heavy atom. The molecular formula is C14H23N3O2S. The summed E-state index contributed by atoms with van der Waals surface area (Å²) in [6.07, 6.45) is 1.22. The number of sulfonamides is 1. The Morgan fingerprint density at radius 1 is 1.30 bits per heavy atom. The Hall–Kier alpha value is -1.11. The van der Waals surface area contributed by atoms with E-state index >= 15 is 0 Å². The van der Waals surface area contributed by atoms with E-state index in [0.717, 1.165) is 25.3 Å². The second-order valence-corrected chi connectivity index (χ2v) is 7.09. The highest BCUT2D eigenvalue weighted by Gasteiger charge is 2.19. The van der Waals surface area contributed by atoms with Gasteiger partial charge in [-0.15, -0.1) is 0 Å². The third kappa shape index (κ3) is 3.94. The second-order valence-electron chi connectivity index (χ2n) is 5.32. The maximum Gasteiger partial charge on any atom is 0.240 e. The minimum absolute atomic E-state index is 0.311. The first-order valence-corrected chi connectivity index (χ1v) is 8.51. The van der Waals surface area contributed by atoms with Crippen LogP contribution < -0.4 is 10.0 Å². The van der Waals surface area contributed by atoms with Crippen LogP contribution in [0.2, 0.25) is 0 Å². The molecule has 1 aromatic carbocycles. The van der Waals surface area contributed by atoms with Gasteiger partial charge in [-0.05, 0) is 50.2 Å². The molecule has 1 aliphatic rings. The summed E-state index contributed by atoms with van der Waals surface area (Å²) in [5, 5.41) is 3.38. The highest BCUT2D eigenvalue weighted by molar-refractivity contribution is 7.89. The molecule has 1 fully saturated rings. The molecule has 5 nitrogen and oxygen atoms in total. The van der Waals surface area contributed by atoms with Gasteiger partial charge in [0.25, 0.3) is 0 Å². The summed E-state index contributed by atoms with van der Waals surface area (Å²) in [4.78, 5) is 2.64. The third-order valence-corrected chi connectivity index (χ3v) is 5.14. The predicted octanol–water partition coefficient (Wildman–Crippen LogP) is 1.35. The third-order valence-electron chi connectivity index (χ3n) is 3.58. The van der Waals surface area contributed by atoms with E-state index in [2.05, 4.69) is 22.0 Å². The van der Waals surface area contributed by atoms with Crippen molar-refractivity contribution in [1.82, 2.24) is 9.62 Å². The quantitative estimate of drug-likeness (QED) is 0.832. The molecule has 0 aliphatic carbocycles. The van der Waals surface area contributed by atoms with Gasteiger partial charge in [0.15, 0.2) is 0 Å². The number of nitrogens with zero attached hydrogens (tertiary/aromatic N) is 1. The molecule has 1 atom stereocenters. The van der Waals surface area contributed by atoms with E-state index in [0.29, 0.717) is 17.4 Å². The van der Waals surface area contributed by atoms with Crippen LogP contribution in [0.25, 0.3) is 0 Å². The minimum atomic E-state index is -3.35. The van der Waals surface area contributed by atoms with Crippen LogP contribution in [-0.4, -0.2) is 46.5 Å². The molecule has 112 valence electrons. The fraction of sp³-hybridized carbons (Fsp3) is 0.571. The minimum Gasteiger partial charge on any atom is -0.385 e. The van der Waals surface area contributed by atoms with Crippen LogP contribution in [0.5, 0.6) is 0 Å². The molecule has 1 saturated heterocycles. The molecular weight excluding hydrogens is 274 g/mol. The molecule has 0 radical (unpaired) electrons. The standard InChI is InChI=1S/C14H23N3O2S/c1-3-16-20(18,19)14-6-4-13(5-7-14)15-10-12-8-9-17(2)11-12/h4-7,12,15-16H,3,8-11H2,1-2H3. The van der Waals surface area contributed by atoms with Gasteiger partial charge in [-0.25, -0.2) is 13.1 Å². The van der Waals surface area contributed by atoms with Crippen LogP contribution in [0, 0.1) is 5.92 Å². The lowest BCUT2D eigenvalue weighted by atomic mass is 10.1. The summed E-state index contributed by atoms with van der Waals surface area (Å²) in [6.45, 7) is 5.39. The number of anilines is 1. The lowest BCUT2D eigenvalue weighted by Crippen LogP contribution is -2.23. The zero-order valence-electron chi connectivity index (χ0n) is 12.1. The van der Waals surface area contributed by atoms with Crippen LogP contribution in [-0.2, 0) is 10.0 Å². The summed E-state index contributed by atoms with van der Waals surface area (Å²) in [6, 6.07) is 6.92. The molecule has 0 spiro atoms. The van der Waals surface area contributed by atoms with Gasteiger partial charge < -0.3 is 10.2 Å². The Labute approximate surface area is 121 Å². The Bertz CT molecular complexity index is 528. The molecule has 1 unspecified atom stereocenters. The van der Waals surface area contributed by atoms with Crippen molar-refractivity contribution in [3.8, 4) is 0 Å². The molecule has 0 aromatic heterocycles. The monoisotopic (exact) mass is 297 g/mol. The lowest BCUT2D eigenvalue weighted by molar-refractivity contribution is 0.399. The summed E-state index contributed by atoms with van der Waals surface area (Å²) in [5.41, 5.74) is 0.968. The fourth-order valence-electron chi connectivity index (χ4n) is 2.48. The van der Waals surface area contributed by atoms with Crippen molar-refractivity contribution in [2.45, 2.75) is 18.2 Å². The maximum absolute atomic E-state index is 11.8. The van der Waals surface area contributed by atoms with Crippen LogP contribution >= 0.6 is 0 Å². The van der Waals surface area contributed by atoms with E-state index in [9.17, 15) is 8.42 Å². The van der Waals surface area contributed by atoms with Gasteiger partial charge >= 0.3 is 0 Å². The lowest BCUT2D eigenvalue weighted by Gasteiger charge is -2.13. The van der Waals surface area contributed by atoms with Crippen LogP contribution in [0.1, 0.15) is 13.3 Å². The summed E-state index contributed by atoms with van der Waals surface area (Å²) in [5.74, 6) is 0.671. The number of hydrogen-bond acceptors (Lipinski definition) is 4. The van der Waals surface area contributed by atoms with Crippen LogP contribution in [0.15, 0.2) is 29.2 Å². The highest BCUT2D eigenvalue weighted by Crippen LogP contribution is 2.17.